The zero-order valence-electron chi connectivity index (χ0n) is 11.3. The number of halogens is 1. The number of rotatable bonds is 5. The highest BCUT2D eigenvalue weighted by Crippen LogP contribution is 2.31. The molecule has 3 nitrogen and oxygen atoms in total. The SMILES string of the molecule is CC(Cc1ccc(Br)cc1)NC(=O)CC1(N)CCC1. The fourth-order valence-electron chi connectivity index (χ4n) is 2.48. The Morgan fingerprint density at radius 3 is 2.58 bits per heavy atom. The average molecular weight is 325 g/mol. The lowest BCUT2D eigenvalue weighted by Crippen LogP contribution is -2.50. The standard InChI is InChI=1S/C15H21BrN2O/c1-11(9-12-3-5-13(16)6-4-12)18-14(19)10-15(17)7-2-8-15/h3-6,11H,2,7-10,17H2,1H3,(H,18,19). The van der Waals surface area contributed by atoms with Crippen molar-refractivity contribution in [2.24, 2.45) is 5.73 Å². The summed E-state index contributed by atoms with van der Waals surface area (Å²) in [5.74, 6) is 0.0758. The molecule has 104 valence electrons. The van der Waals surface area contributed by atoms with Gasteiger partial charge in [-0.25, -0.2) is 0 Å². The van der Waals surface area contributed by atoms with Crippen molar-refractivity contribution in [3.63, 3.8) is 0 Å². The summed E-state index contributed by atoms with van der Waals surface area (Å²) in [6.45, 7) is 2.03. The second-order valence-corrected chi connectivity index (χ2v) is 6.61. The molecule has 0 spiro atoms. The largest absolute Gasteiger partial charge is 0.353 e. The van der Waals surface area contributed by atoms with Crippen LogP contribution in [0, 0.1) is 0 Å². The van der Waals surface area contributed by atoms with Gasteiger partial charge in [0.15, 0.2) is 0 Å². The van der Waals surface area contributed by atoms with E-state index in [4.69, 9.17) is 5.73 Å². The zero-order valence-corrected chi connectivity index (χ0v) is 12.9. The summed E-state index contributed by atoms with van der Waals surface area (Å²) in [6, 6.07) is 8.32. The third kappa shape index (κ3) is 4.32. The third-order valence-electron chi connectivity index (χ3n) is 3.72. The van der Waals surface area contributed by atoms with Crippen LogP contribution in [-0.2, 0) is 11.2 Å². The first-order valence-electron chi connectivity index (χ1n) is 6.80. The minimum Gasteiger partial charge on any atom is -0.353 e. The summed E-state index contributed by atoms with van der Waals surface area (Å²) in [5.41, 5.74) is 7.07. The first-order chi connectivity index (χ1) is 8.97. The Hall–Kier alpha value is -0.870. The monoisotopic (exact) mass is 324 g/mol. The van der Waals surface area contributed by atoms with Crippen LogP contribution in [0.25, 0.3) is 0 Å². The van der Waals surface area contributed by atoms with Gasteiger partial charge in [-0.3, -0.25) is 4.79 Å². The smallest absolute Gasteiger partial charge is 0.222 e. The van der Waals surface area contributed by atoms with E-state index in [1.807, 2.05) is 19.1 Å². The van der Waals surface area contributed by atoms with Gasteiger partial charge in [-0.1, -0.05) is 28.1 Å². The molecular weight excluding hydrogens is 304 g/mol. The number of benzene rings is 1. The molecule has 0 aromatic heterocycles. The number of carbonyl (C=O) groups is 1. The molecule has 2 rings (SSSR count). The molecule has 3 N–H and O–H groups in total. The molecule has 1 aromatic carbocycles. The van der Waals surface area contributed by atoms with E-state index < -0.39 is 0 Å². The number of nitrogens with two attached hydrogens (primary N) is 1. The Kier molecular flexibility index (Phi) is 4.63. The first-order valence-corrected chi connectivity index (χ1v) is 7.59. The van der Waals surface area contributed by atoms with Gasteiger partial charge in [-0.15, -0.1) is 0 Å². The van der Waals surface area contributed by atoms with Gasteiger partial charge in [-0.05, 0) is 50.3 Å². The Morgan fingerprint density at radius 2 is 2.05 bits per heavy atom. The van der Waals surface area contributed by atoms with Crippen LogP contribution in [0.1, 0.15) is 38.2 Å². The van der Waals surface area contributed by atoms with Gasteiger partial charge in [0, 0.05) is 22.5 Å². The zero-order chi connectivity index (χ0) is 13.9. The molecule has 0 saturated heterocycles. The molecule has 1 amide bonds. The number of hydrogen-bond donors (Lipinski definition) is 2. The van der Waals surface area contributed by atoms with E-state index >= 15 is 0 Å². The summed E-state index contributed by atoms with van der Waals surface area (Å²) in [5, 5.41) is 3.04. The molecule has 0 heterocycles. The fourth-order valence-corrected chi connectivity index (χ4v) is 2.74. The molecule has 1 fully saturated rings. The van der Waals surface area contributed by atoms with Gasteiger partial charge in [0.05, 0.1) is 0 Å². The van der Waals surface area contributed by atoms with Crippen LogP contribution in [0.3, 0.4) is 0 Å². The predicted octanol–water partition coefficient (Wildman–Crippen LogP) is 2.77. The lowest BCUT2D eigenvalue weighted by atomic mass is 9.75. The van der Waals surface area contributed by atoms with E-state index in [2.05, 4.69) is 33.4 Å². The van der Waals surface area contributed by atoms with Gasteiger partial charge in [0.2, 0.25) is 5.91 Å². The van der Waals surface area contributed by atoms with E-state index in [1.54, 1.807) is 0 Å². The molecule has 1 aliphatic rings. The second-order valence-electron chi connectivity index (χ2n) is 5.69. The van der Waals surface area contributed by atoms with Gasteiger partial charge in [-0.2, -0.15) is 0 Å². The minimum absolute atomic E-state index is 0.0758. The summed E-state index contributed by atoms with van der Waals surface area (Å²) in [4.78, 5) is 11.9. The van der Waals surface area contributed by atoms with Crippen molar-refractivity contribution in [1.29, 1.82) is 0 Å². The fraction of sp³-hybridized carbons (Fsp3) is 0.533. The van der Waals surface area contributed by atoms with Crippen LogP contribution < -0.4 is 11.1 Å². The summed E-state index contributed by atoms with van der Waals surface area (Å²) < 4.78 is 1.07. The molecule has 1 saturated carbocycles. The van der Waals surface area contributed by atoms with Crippen molar-refractivity contribution in [3.8, 4) is 0 Å². The van der Waals surface area contributed by atoms with Crippen molar-refractivity contribution in [2.45, 2.75) is 50.6 Å². The van der Waals surface area contributed by atoms with E-state index in [0.717, 1.165) is 30.2 Å². The van der Waals surface area contributed by atoms with Crippen LogP contribution in [0.4, 0.5) is 0 Å². The maximum Gasteiger partial charge on any atom is 0.222 e. The van der Waals surface area contributed by atoms with E-state index in [1.165, 1.54) is 5.56 Å². The van der Waals surface area contributed by atoms with Gasteiger partial charge in [0.25, 0.3) is 0 Å². The third-order valence-corrected chi connectivity index (χ3v) is 4.25. The maximum absolute atomic E-state index is 11.9. The number of nitrogens with one attached hydrogen (secondary N) is 1. The van der Waals surface area contributed by atoms with Crippen molar-refractivity contribution in [3.05, 3.63) is 34.3 Å². The molecule has 0 aliphatic heterocycles. The highest BCUT2D eigenvalue weighted by molar-refractivity contribution is 9.10. The van der Waals surface area contributed by atoms with Crippen molar-refractivity contribution in [2.75, 3.05) is 0 Å². The van der Waals surface area contributed by atoms with Crippen molar-refractivity contribution < 1.29 is 4.79 Å². The Morgan fingerprint density at radius 1 is 1.42 bits per heavy atom. The molecular formula is C15H21BrN2O. The maximum atomic E-state index is 11.9. The Balaban J connectivity index is 1.78. The normalized spacial score (nSPS) is 18.5. The average Bonchev–Trinajstić information content (AvgIpc) is 2.30. The van der Waals surface area contributed by atoms with E-state index in [-0.39, 0.29) is 17.5 Å². The lowest BCUT2D eigenvalue weighted by Gasteiger charge is -2.37. The van der Waals surface area contributed by atoms with Crippen LogP contribution in [0.5, 0.6) is 0 Å². The van der Waals surface area contributed by atoms with Gasteiger partial charge >= 0.3 is 0 Å². The summed E-state index contributed by atoms with van der Waals surface area (Å²) in [6.07, 6.45) is 4.40. The molecule has 4 heteroatoms. The Bertz CT molecular complexity index is 440. The molecule has 19 heavy (non-hydrogen) atoms. The number of hydrogen-bond acceptors (Lipinski definition) is 2. The topological polar surface area (TPSA) is 55.1 Å². The van der Waals surface area contributed by atoms with Crippen LogP contribution in [-0.4, -0.2) is 17.5 Å². The van der Waals surface area contributed by atoms with Crippen LogP contribution >= 0.6 is 15.9 Å². The molecule has 1 aliphatic carbocycles. The van der Waals surface area contributed by atoms with Crippen molar-refractivity contribution >= 4 is 21.8 Å². The Labute approximate surface area is 123 Å². The molecule has 1 unspecified atom stereocenters. The lowest BCUT2D eigenvalue weighted by molar-refractivity contribution is -0.123. The minimum atomic E-state index is -0.235. The number of carbonyl (C=O) groups excluding carboxylic acids is 1. The first kappa shape index (κ1) is 14.5. The van der Waals surface area contributed by atoms with Gasteiger partial charge < -0.3 is 11.1 Å². The van der Waals surface area contributed by atoms with E-state index in [0.29, 0.717) is 6.42 Å². The highest BCUT2D eigenvalue weighted by atomic mass is 79.9. The summed E-state index contributed by atoms with van der Waals surface area (Å²) >= 11 is 3.42. The molecule has 1 atom stereocenters. The second kappa shape index (κ2) is 6.06. The number of amides is 1. The molecule has 0 bridgehead atoms. The quantitative estimate of drug-likeness (QED) is 0.875. The van der Waals surface area contributed by atoms with Gasteiger partial charge in [0.1, 0.15) is 0 Å². The van der Waals surface area contributed by atoms with Crippen molar-refractivity contribution in [1.82, 2.24) is 5.32 Å². The highest BCUT2D eigenvalue weighted by Gasteiger charge is 2.34. The molecule has 0 radical (unpaired) electrons. The predicted molar refractivity (Wildman–Crippen MR) is 80.8 cm³/mol. The van der Waals surface area contributed by atoms with Crippen LogP contribution in [0.15, 0.2) is 28.7 Å². The van der Waals surface area contributed by atoms with E-state index in [9.17, 15) is 4.79 Å². The molecule has 1 aromatic rings. The summed E-state index contributed by atoms with van der Waals surface area (Å²) in [7, 11) is 0. The van der Waals surface area contributed by atoms with Crippen LogP contribution in [0.2, 0.25) is 0 Å².